The lowest BCUT2D eigenvalue weighted by atomic mass is 9.90. The standard InChI is InChI=1S/C26H32N2O5/c1-30-22-7-5-20(6-8-22)17-33-28-25-4-2-3-21-15-23(9-10-24(21)25)32-18-26(29)27-16-19-11-13-31-14-12-19/h5-10,15,19H,2-4,11-14,16-18H2,1H3,(H,27,29)/b28-25-. The van der Waals surface area contributed by atoms with Crippen molar-refractivity contribution in [1.82, 2.24) is 5.32 Å². The number of benzene rings is 2. The van der Waals surface area contributed by atoms with Crippen LogP contribution < -0.4 is 14.8 Å². The lowest BCUT2D eigenvalue weighted by Gasteiger charge is -2.22. The third kappa shape index (κ3) is 6.71. The highest BCUT2D eigenvalue weighted by Gasteiger charge is 2.18. The van der Waals surface area contributed by atoms with Crippen molar-refractivity contribution >= 4 is 11.6 Å². The van der Waals surface area contributed by atoms with Gasteiger partial charge in [-0.3, -0.25) is 4.79 Å². The van der Waals surface area contributed by atoms with Gasteiger partial charge in [0.25, 0.3) is 5.91 Å². The summed E-state index contributed by atoms with van der Waals surface area (Å²) in [6.45, 7) is 2.68. The molecule has 0 spiro atoms. The number of aryl methyl sites for hydroxylation is 1. The highest BCUT2D eigenvalue weighted by Crippen LogP contribution is 2.26. The molecule has 33 heavy (non-hydrogen) atoms. The van der Waals surface area contributed by atoms with Crippen LogP contribution in [0.3, 0.4) is 0 Å². The Morgan fingerprint density at radius 1 is 1.09 bits per heavy atom. The highest BCUT2D eigenvalue weighted by molar-refractivity contribution is 6.02. The van der Waals surface area contributed by atoms with E-state index >= 15 is 0 Å². The summed E-state index contributed by atoms with van der Waals surface area (Å²) in [7, 11) is 1.65. The molecule has 2 aromatic carbocycles. The molecule has 0 atom stereocenters. The summed E-state index contributed by atoms with van der Waals surface area (Å²) in [5.74, 6) is 1.93. The molecular weight excluding hydrogens is 420 g/mol. The average molecular weight is 453 g/mol. The predicted molar refractivity (Wildman–Crippen MR) is 126 cm³/mol. The molecule has 1 N–H and O–H groups in total. The van der Waals surface area contributed by atoms with Crippen molar-refractivity contribution < 1.29 is 23.8 Å². The Balaban J connectivity index is 1.27. The molecule has 1 aliphatic carbocycles. The number of amides is 1. The first-order valence-electron chi connectivity index (χ1n) is 11.6. The summed E-state index contributed by atoms with van der Waals surface area (Å²) in [6.07, 6.45) is 4.84. The fourth-order valence-corrected chi connectivity index (χ4v) is 4.14. The number of methoxy groups -OCH3 is 1. The molecule has 4 rings (SSSR count). The van der Waals surface area contributed by atoms with Crippen molar-refractivity contribution in [1.29, 1.82) is 0 Å². The monoisotopic (exact) mass is 452 g/mol. The van der Waals surface area contributed by atoms with Crippen molar-refractivity contribution in [2.75, 3.05) is 33.5 Å². The number of fused-ring (bicyclic) bond motifs is 1. The van der Waals surface area contributed by atoms with E-state index in [0.717, 1.165) is 67.9 Å². The molecule has 0 aromatic heterocycles. The van der Waals surface area contributed by atoms with E-state index in [-0.39, 0.29) is 12.5 Å². The second-order valence-electron chi connectivity index (χ2n) is 8.48. The van der Waals surface area contributed by atoms with E-state index in [4.69, 9.17) is 19.0 Å². The lowest BCUT2D eigenvalue weighted by molar-refractivity contribution is -0.123. The molecular formula is C26H32N2O5. The summed E-state index contributed by atoms with van der Waals surface area (Å²) >= 11 is 0. The largest absolute Gasteiger partial charge is 0.497 e. The van der Waals surface area contributed by atoms with Gasteiger partial charge in [-0.25, -0.2) is 0 Å². The average Bonchev–Trinajstić information content (AvgIpc) is 2.87. The topological polar surface area (TPSA) is 78.4 Å². The van der Waals surface area contributed by atoms with E-state index in [1.165, 1.54) is 5.56 Å². The van der Waals surface area contributed by atoms with Gasteiger partial charge in [0, 0.05) is 25.3 Å². The molecule has 1 heterocycles. The van der Waals surface area contributed by atoms with E-state index in [1.54, 1.807) is 7.11 Å². The van der Waals surface area contributed by atoms with Gasteiger partial charge >= 0.3 is 0 Å². The van der Waals surface area contributed by atoms with E-state index in [2.05, 4.69) is 10.5 Å². The Kier molecular flexibility index (Phi) is 8.19. The van der Waals surface area contributed by atoms with Crippen LogP contribution in [0, 0.1) is 5.92 Å². The summed E-state index contributed by atoms with van der Waals surface area (Å²) in [5, 5.41) is 7.38. The predicted octanol–water partition coefficient (Wildman–Crippen LogP) is 3.87. The molecule has 1 saturated heterocycles. The molecule has 1 amide bonds. The number of nitrogens with zero attached hydrogens (tertiary/aromatic N) is 1. The summed E-state index contributed by atoms with van der Waals surface area (Å²) in [6, 6.07) is 13.7. The zero-order valence-electron chi connectivity index (χ0n) is 19.2. The molecule has 2 aliphatic rings. The zero-order chi connectivity index (χ0) is 22.9. The van der Waals surface area contributed by atoms with Crippen LogP contribution in [0.15, 0.2) is 47.6 Å². The quantitative estimate of drug-likeness (QED) is 0.585. The van der Waals surface area contributed by atoms with Crippen LogP contribution >= 0.6 is 0 Å². The van der Waals surface area contributed by atoms with Crippen LogP contribution in [0.2, 0.25) is 0 Å². The van der Waals surface area contributed by atoms with Crippen LogP contribution in [0.25, 0.3) is 0 Å². The number of rotatable bonds is 9. The van der Waals surface area contributed by atoms with Crippen LogP contribution in [0.4, 0.5) is 0 Å². The number of hydrogen-bond acceptors (Lipinski definition) is 6. The Hall–Kier alpha value is -3.06. The Labute approximate surface area is 195 Å². The summed E-state index contributed by atoms with van der Waals surface area (Å²) in [4.78, 5) is 17.8. The molecule has 0 bridgehead atoms. The van der Waals surface area contributed by atoms with Gasteiger partial charge in [0.1, 0.15) is 18.1 Å². The van der Waals surface area contributed by atoms with Crippen molar-refractivity contribution in [3.05, 3.63) is 59.2 Å². The molecule has 0 radical (unpaired) electrons. The molecule has 7 nitrogen and oxygen atoms in total. The van der Waals surface area contributed by atoms with E-state index in [0.29, 0.717) is 24.8 Å². The van der Waals surface area contributed by atoms with Crippen LogP contribution in [-0.4, -0.2) is 45.1 Å². The van der Waals surface area contributed by atoms with Gasteiger partial charge in [-0.05, 0) is 79.5 Å². The number of oxime groups is 1. The highest BCUT2D eigenvalue weighted by atomic mass is 16.6. The lowest BCUT2D eigenvalue weighted by Crippen LogP contribution is -2.35. The molecule has 1 aliphatic heterocycles. The smallest absolute Gasteiger partial charge is 0.257 e. The van der Waals surface area contributed by atoms with Gasteiger partial charge in [-0.2, -0.15) is 0 Å². The molecule has 7 heteroatoms. The number of hydrogen-bond donors (Lipinski definition) is 1. The zero-order valence-corrected chi connectivity index (χ0v) is 19.2. The Morgan fingerprint density at radius 2 is 1.88 bits per heavy atom. The summed E-state index contributed by atoms with van der Waals surface area (Å²) in [5.41, 5.74) is 4.25. The number of carbonyl (C=O) groups excluding carboxylic acids is 1. The minimum atomic E-state index is -0.0894. The van der Waals surface area contributed by atoms with Gasteiger partial charge in [-0.1, -0.05) is 17.3 Å². The third-order valence-electron chi connectivity index (χ3n) is 6.11. The number of carbonyl (C=O) groups is 1. The second kappa shape index (κ2) is 11.7. The van der Waals surface area contributed by atoms with Gasteiger partial charge in [-0.15, -0.1) is 0 Å². The molecule has 2 aromatic rings. The second-order valence-corrected chi connectivity index (χ2v) is 8.48. The maximum absolute atomic E-state index is 12.2. The molecule has 0 unspecified atom stereocenters. The van der Waals surface area contributed by atoms with Crippen molar-refractivity contribution in [2.45, 2.75) is 38.7 Å². The molecule has 0 saturated carbocycles. The van der Waals surface area contributed by atoms with Gasteiger partial charge < -0.3 is 24.4 Å². The third-order valence-corrected chi connectivity index (χ3v) is 6.11. The molecule has 1 fully saturated rings. The fraction of sp³-hybridized carbons (Fsp3) is 0.462. The van der Waals surface area contributed by atoms with E-state index in [1.807, 2.05) is 42.5 Å². The summed E-state index contributed by atoms with van der Waals surface area (Å²) < 4.78 is 16.3. The minimum absolute atomic E-state index is 0.0218. The first-order valence-corrected chi connectivity index (χ1v) is 11.6. The maximum Gasteiger partial charge on any atom is 0.257 e. The normalized spacial score (nSPS) is 17.3. The SMILES string of the molecule is COc1ccc(CO/N=C2/CCCc3cc(OCC(=O)NCC4CCOCC4)ccc32)cc1. The van der Waals surface area contributed by atoms with Crippen LogP contribution in [0.5, 0.6) is 11.5 Å². The van der Waals surface area contributed by atoms with Crippen LogP contribution in [-0.2, 0) is 27.4 Å². The first kappa shape index (κ1) is 23.1. The Morgan fingerprint density at radius 3 is 2.67 bits per heavy atom. The Bertz CT molecular complexity index is 952. The number of nitrogens with one attached hydrogen (secondary N) is 1. The maximum atomic E-state index is 12.2. The molecule has 176 valence electrons. The first-order chi connectivity index (χ1) is 16.2. The van der Waals surface area contributed by atoms with Crippen molar-refractivity contribution in [3.8, 4) is 11.5 Å². The van der Waals surface area contributed by atoms with E-state index < -0.39 is 0 Å². The van der Waals surface area contributed by atoms with Crippen molar-refractivity contribution in [2.24, 2.45) is 11.1 Å². The minimum Gasteiger partial charge on any atom is -0.497 e. The van der Waals surface area contributed by atoms with Gasteiger partial charge in [0.2, 0.25) is 0 Å². The van der Waals surface area contributed by atoms with E-state index in [9.17, 15) is 4.79 Å². The number of ether oxygens (including phenoxy) is 3. The van der Waals surface area contributed by atoms with Gasteiger partial charge in [0.05, 0.1) is 12.8 Å². The fourth-order valence-electron chi connectivity index (χ4n) is 4.14. The van der Waals surface area contributed by atoms with Crippen LogP contribution in [0.1, 0.15) is 42.4 Å². The van der Waals surface area contributed by atoms with Gasteiger partial charge in [0.15, 0.2) is 6.61 Å². The van der Waals surface area contributed by atoms with Crippen molar-refractivity contribution in [3.63, 3.8) is 0 Å².